The molecular weight excluding hydrogens is 1410 g/mol. The highest BCUT2D eigenvalue weighted by Gasteiger charge is 2.19. The Hall–Kier alpha value is -8.53. The number of ether oxygens (including phenoxy) is 10. The van der Waals surface area contributed by atoms with E-state index in [2.05, 4.69) is 166 Å². The van der Waals surface area contributed by atoms with Crippen molar-refractivity contribution in [2.45, 2.75) is 309 Å². The van der Waals surface area contributed by atoms with E-state index < -0.39 is 24.3 Å². The van der Waals surface area contributed by atoms with Gasteiger partial charge in [0.25, 0.3) is 0 Å². The quantitative estimate of drug-likeness (QED) is 0.0198. The van der Waals surface area contributed by atoms with E-state index >= 15 is 0 Å². The predicted molar refractivity (Wildman–Crippen MR) is 468 cm³/mol. The van der Waals surface area contributed by atoms with Crippen LogP contribution in [0.3, 0.4) is 0 Å². The molecule has 3 N–H and O–H groups in total. The Morgan fingerprint density at radius 1 is 0.274 bits per heavy atom. The fraction of sp³-hybridized carbons (Fsp3) is 0.505. The number of carbonyl (C=O) groups is 1. The van der Waals surface area contributed by atoms with Gasteiger partial charge in [0.05, 0.1) is 0 Å². The molecule has 0 heterocycles. The van der Waals surface area contributed by atoms with E-state index in [-0.39, 0.29) is 19.4 Å². The lowest BCUT2D eigenvalue weighted by Gasteiger charge is -2.19. The van der Waals surface area contributed by atoms with Gasteiger partial charge in [-0.05, 0) is 296 Å². The number of rotatable bonds is 34. The fourth-order valence-corrected chi connectivity index (χ4v) is 10.7. The summed E-state index contributed by atoms with van der Waals surface area (Å²) in [5.41, 5.74) is 9.96. The van der Waals surface area contributed by atoms with Crippen molar-refractivity contribution in [1.82, 2.24) is 0 Å². The van der Waals surface area contributed by atoms with E-state index in [4.69, 9.17) is 62.7 Å². The summed E-state index contributed by atoms with van der Waals surface area (Å²) in [6, 6.07) is 62.8. The van der Waals surface area contributed by atoms with Crippen LogP contribution < -0.4 is 23.7 Å². The summed E-state index contributed by atoms with van der Waals surface area (Å²) in [6.45, 7) is 53.6. The van der Waals surface area contributed by atoms with Crippen LogP contribution >= 0.6 is 0 Å². The molecule has 0 saturated heterocycles. The number of phenols is 3. The first-order chi connectivity index (χ1) is 53.8. The number of phenolic OH excluding ortho intramolecular Hbond substituents is 3. The highest BCUT2D eigenvalue weighted by Crippen LogP contribution is 2.30. The molecule has 0 bridgehead atoms. The number of hydrogen-bond acceptors (Lipinski definition) is 14. The van der Waals surface area contributed by atoms with Crippen LogP contribution in [0.5, 0.6) is 46.0 Å². The first-order valence-corrected chi connectivity index (χ1v) is 41.7. The molecule has 0 aromatic heterocycles. The van der Waals surface area contributed by atoms with Crippen molar-refractivity contribution < 1.29 is 67.5 Å². The van der Waals surface area contributed by atoms with E-state index in [1.807, 2.05) is 132 Å². The zero-order valence-electron chi connectivity index (χ0n) is 73.7. The minimum Gasteiger partial charge on any atom is -0.508 e. The van der Waals surface area contributed by atoms with Gasteiger partial charge in [0.1, 0.15) is 51.6 Å². The van der Waals surface area contributed by atoms with Gasteiger partial charge < -0.3 is 62.7 Å². The second kappa shape index (κ2) is 56.7. The van der Waals surface area contributed by atoms with Gasteiger partial charge in [-0.2, -0.15) is 0 Å². The van der Waals surface area contributed by atoms with Crippen molar-refractivity contribution in [3.05, 3.63) is 239 Å². The average molecular weight is 1560 g/mol. The van der Waals surface area contributed by atoms with E-state index in [1.165, 1.54) is 44.5 Å². The summed E-state index contributed by atoms with van der Waals surface area (Å²) < 4.78 is 55.1. The minimum atomic E-state index is -0.668. The van der Waals surface area contributed by atoms with Crippen LogP contribution in [0.15, 0.2) is 194 Å². The van der Waals surface area contributed by atoms with Gasteiger partial charge in [0.15, 0.2) is 32.0 Å². The molecule has 0 spiro atoms. The maximum atomic E-state index is 11.5. The maximum absolute atomic E-state index is 11.5. The Morgan fingerprint density at radius 3 is 0.681 bits per heavy atom. The standard InChI is InChI=1S/C25H36O4.C15H22O3.C15H24O2.C14H22O2.3C10H14O/c1-7-18(3)22-9-13-24(14-10-22)28-20(5)26-17-27-21(6)29-25-15-11-23(12-16-25)19(4)8-2;1-6-11(2)12-7-9-13(10-8-12)17-14(16)18-15(3,4)5;1-5-12(4)13-8-10-14(11-9-13)17-15(6-2)16-7-3;1-5-11(3)13-7-9-14(10-8-13)16-12(4)15-6-2;3*1-3-8(2)9-4-6-10(11)7-5-9/h9-16,18-21H,7-8,17H2,1-6H3;7-11H,6H2,1-5H3;8-12,15H,5-7H2,1-4H3;7-12H,5-6H2,1-4H3;3*4-8,11H,3H2,1-2H3. The van der Waals surface area contributed by atoms with Crippen LogP contribution in [0.2, 0.25) is 0 Å². The molecule has 8 rings (SSSR count). The molecule has 626 valence electrons. The van der Waals surface area contributed by atoms with Gasteiger partial charge in [0, 0.05) is 19.6 Å². The van der Waals surface area contributed by atoms with Crippen LogP contribution in [-0.4, -0.2) is 72.2 Å². The molecule has 113 heavy (non-hydrogen) atoms. The summed E-state index contributed by atoms with van der Waals surface area (Å²) >= 11 is 0. The van der Waals surface area contributed by atoms with E-state index in [9.17, 15) is 4.79 Å². The second-order valence-corrected chi connectivity index (χ2v) is 30.0. The van der Waals surface area contributed by atoms with Crippen LogP contribution in [0.4, 0.5) is 4.79 Å². The lowest BCUT2D eigenvalue weighted by Crippen LogP contribution is -2.25. The number of carbonyl (C=O) groups excluding carboxylic acids is 1. The summed E-state index contributed by atoms with van der Waals surface area (Å²) in [6.07, 6.45) is 8.16. The maximum Gasteiger partial charge on any atom is 0.514 e. The third-order valence-electron chi connectivity index (χ3n) is 20.0. The Balaban J connectivity index is 0.000000461. The predicted octanol–water partition coefficient (Wildman–Crippen LogP) is 28.4. The molecule has 14 heteroatoms. The van der Waals surface area contributed by atoms with E-state index in [0.717, 1.165) is 80.8 Å². The molecule has 0 fully saturated rings. The molecule has 8 aromatic rings. The van der Waals surface area contributed by atoms with Gasteiger partial charge in [-0.1, -0.05) is 215 Å². The van der Waals surface area contributed by atoms with Gasteiger partial charge in [-0.3, -0.25) is 0 Å². The Morgan fingerprint density at radius 2 is 0.478 bits per heavy atom. The highest BCUT2D eigenvalue weighted by atomic mass is 16.8. The zero-order valence-corrected chi connectivity index (χ0v) is 73.7. The SMILES string of the molecule is CCC(C)c1ccc(O)cc1.CCC(C)c1ccc(O)cc1.CCC(C)c1ccc(O)cc1.CCC(C)c1ccc(OC(=O)OC(C)(C)C)cc1.CCC(C)c1ccc(OC(C)OCOC(C)Oc2ccc(C(C)CC)cc2)cc1.CCOC(C)Oc1ccc(C(C)CC)cc1.CCOC(CC)Oc1ccc(C(C)CC)cc1. The van der Waals surface area contributed by atoms with E-state index in [1.54, 1.807) is 69.3 Å². The number of aromatic hydroxyl groups is 3. The first kappa shape index (κ1) is 101. The lowest BCUT2D eigenvalue weighted by atomic mass is 9.99. The average Bonchev–Trinajstić information content (AvgIpc) is 0.866. The Bertz CT molecular complexity index is 3470. The van der Waals surface area contributed by atoms with Crippen LogP contribution in [0.1, 0.15) is 323 Å². The van der Waals surface area contributed by atoms with E-state index in [0.29, 0.717) is 83.6 Å². The summed E-state index contributed by atoms with van der Waals surface area (Å²) in [7, 11) is 0. The minimum absolute atomic E-state index is 0.0955. The monoisotopic (exact) mass is 1560 g/mol. The van der Waals surface area contributed by atoms with Crippen LogP contribution in [0.25, 0.3) is 0 Å². The molecule has 0 saturated carbocycles. The van der Waals surface area contributed by atoms with Crippen molar-refractivity contribution >= 4 is 6.16 Å². The topological polar surface area (TPSA) is 170 Å². The zero-order chi connectivity index (χ0) is 84.4. The molecule has 0 amide bonds. The van der Waals surface area contributed by atoms with Gasteiger partial charge in [-0.15, -0.1) is 0 Å². The molecule has 0 radical (unpaired) electrons. The molecule has 12 unspecified atom stereocenters. The lowest BCUT2D eigenvalue weighted by molar-refractivity contribution is -0.196. The van der Waals surface area contributed by atoms with Crippen LogP contribution in [-0.2, 0) is 23.7 Å². The van der Waals surface area contributed by atoms with Crippen LogP contribution in [0, 0.1) is 0 Å². The van der Waals surface area contributed by atoms with Crippen molar-refractivity contribution in [1.29, 1.82) is 0 Å². The fourth-order valence-electron chi connectivity index (χ4n) is 10.7. The summed E-state index contributed by atoms with van der Waals surface area (Å²) in [5.74, 6) is 9.50. The molecule has 0 aliphatic heterocycles. The Kier molecular flexibility index (Phi) is 50.4. The summed E-state index contributed by atoms with van der Waals surface area (Å²) in [4.78, 5) is 11.5. The molecule has 14 nitrogen and oxygen atoms in total. The number of benzene rings is 8. The van der Waals surface area contributed by atoms with Crippen molar-refractivity contribution in [2.75, 3.05) is 20.0 Å². The largest absolute Gasteiger partial charge is 0.514 e. The van der Waals surface area contributed by atoms with Crippen molar-refractivity contribution in [3.63, 3.8) is 0 Å². The first-order valence-electron chi connectivity index (χ1n) is 41.7. The normalized spacial score (nSPS) is 14.0. The third kappa shape index (κ3) is 42.4. The van der Waals surface area contributed by atoms with Crippen molar-refractivity contribution in [3.8, 4) is 46.0 Å². The molecule has 0 aliphatic carbocycles. The van der Waals surface area contributed by atoms with Gasteiger partial charge in [-0.25, -0.2) is 4.79 Å². The van der Waals surface area contributed by atoms with Gasteiger partial charge >= 0.3 is 6.16 Å². The number of hydrogen-bond donors (Lipinski definition) is 3. The Labute approximate surface area is 683 Å². The molecule has 12 atom stereocenters. The molecular formula is C99H146O14. The highest BCUT2D eigenvalue weighted by molar-refractivity contribution is 5.64. The molecule has 0 aliphatic rings. The third-order valence-corrected chi connectivity index (χ3v) is 20.0. The van der Waals surface area contributed by atoms with Crippen molar-refractivity contribution in [2.24, 2.45) is 0 Å². The smallest absolute Gasteiger partial charge is 0.508 e. The van der Waals surface area contributed by atoms with Gasteiger partial charge in [0.2, 0.25) is 0 Å². The second-order valence-electron chi connectivity index (χ2n) is 30.0. The summed E-state index contributed by atoms with van der Waals surface area (Å²) in [5, 5.41) is 27.0. The molecule has 8 aromatic carbocycles.